The van der Waals surface area contributed by atoms with Crippen LogP contribution in [0.2, 0.25) is 0 Å². The van der Waals surface area contributed by atoms with Crippen LogP contribution >= 0.6 is 0 Å². The number of nitrogens with zero attached hydrogens (tertiary/aromatic N) is 1. The summed E-state index contributed by atoms with van der Waals surface area (Å²) in [6.45, 7) is 4.63. The molecule has 1 aliphatic rings. The van der Waals surface area contributed by atoms with Crippen molar-refractivity contribution >= 4 is 15.9 Å². The van der Waals surface area contributed by atoms with Gasteiger partial charge in [0.25, 0.3) is 5.91 Å². The van der Waals surface area contributed by atoms with Crippen molar-refractivity contribution in [1.82, 2.24) is 9.62 Å². The molecule has 3 rings (SSSR count). The highest BCUT2D eigenvalue weighted by molar-refractivity contribution is 7.89. The van der Waals surface area contributed by atoms with E-state index in [1.54, 1.807) is 45.4 Å². The Morgan fingerprint density at radius 2 is 1.74 bits per heavy atom. The molecule has 8 heteroatoms. The van der Waals surface area contributed by atoms with E-state index < -0.39 is 10.0 Å². The third-order valence-electron chi connectivity index (χ3n) is 5.63. The lowest BCUT2D eigenvalue weighted by Crippen LogP contribution is -2.36. The summed E-state index contributed by atoms with van der Waals surface area (Å²) in [5.74, 6) is 0.931. The Morgan fingerprint density at radius 1 is 1.03 bits per heavy atom. The molecule has 7 nitrogen and oxygen atoms in total. The fourth-order valence-corrected chi connectivity index (χ4v) is 5.57. The van der Waals surface area contributed by atoms with Gasteiger partial charge >= 0.3 is 0 Å². The fourth-order valence-electron chi connectivity index (χ4n) is 3.80. The summed E-state index contributed by atoms with van der Waals surface area (Å²) in [7, 11) is -0.490. The number of ether oxygens (including phenoxy) is 2. The highest BCUT2D eigenvalue weighted by Gasteiger charge is 2.28. The second kappa shape index (κ2) is 9.70. The standard InChI is InChI=1S/C23H30N2O5S/c1-16-8-9-18(14-22(16)31(27,28)25-12-6-5-7-13-25)23(26)24-17(2)20-15-19(29-3)10-11-21(20)30-4/h8-11,14-15,17H,5-7,12-13H2,1-4H3,(H,24,26). The number of amides is 1. The van der Waals surface area contributed by atoms with Gasteiger partial charge in [-0.2, -0.15) is 4.31 Å². The van der Waals surface area contributed by atoms with E-state index in [0.29, 0.717) is 35.7 Å². The van der Waals surface area contributed by atoms with Crippen molar-refractivity contribution < 1.29 is 22.7 Å². The first kappa shape index (κ1) is 23.1. The third kappa shape index (κ3) is 5.02. The van der Waals surface area contributed by atoms with E-state index in [0.717, 1.165) is 24.8 Å². The second-order valence-corrected chi connectivity index (χ2v) is 9.65. The third-order valence-corrected chi connectivity index (χ3v) is 7.67. The van der Waals surface area contributed by atoms with Crippen molar-refractivity contribution in [3.63, 3.8) is 0 Å². The number of methoxy groups -OCH3 is 2. The number of sulfonamides is 1. The zero-order chi connectivity index (χ0) is 22.6. The molecule has 1 fully saturated rings. The predicted octanol–water partition coefficient (Wildman–Crippen LogP) is 3.68. The molecule has 1 saturated heterocycles. The summed E-state index contributed by atoms with van der Waals surface area (Å²) in [6, 6.07) is 9.81. The number of nitrogens with one attached hydrogen (secondary N) is 1. The average Bonchev–Trinajstić information content (AvgIpc) is 2.79. The molecule has 31 heavy (non-hydrogen) atoms. The van der Waals surface area contributed by atoms with Crippen molar-refractivity contribution in [3.05, 3.63) is 53.1 Å². The Hall–Kier alpha value is -2.58. The van der Waals surface area contributed by atoms with Crippen LogP contribution < -0.4 is 14.8 Å². The van der Waals surface area contributed by atoms with Gasteiger partial charge in [0.05, 0.1) is 25.2 Å². The molecule has 1 atom stereocenters. The zero-order valence-corrected chi connectivity index (χ0v) is 19.3. The number of hydrogen-bond acceptors (Lipinski definition) is 5. The molecule has 1 amide bonds. The maximum Gasteiger partial charge on any atom is 0.251 e. The molecule has 0 bridgehead atoms. The van der Waals surface area contributed by atoms with Crippen LogP contribution in [0.4, 0.5) is 0 Å². The first-order valence-electron chi connectivity index (χ1n) is 10.4. The van der Waals surface area contributed by atoms with Crippen LogP contribution in [-0.4, -0.2) is 45.9 Å². The smallest absolute Gasteiger partial charge is 0.251 e. The largest absolute Gasteiger partial charge is 0.497 e. The van der Waals surface area contributed by atoms with Gasteiger partial charge in [-0.15, -0.1) is 0 Å². The summed E-state index contributed by atoms with van der Waals surface area (Å²) in [5.41, 5.74) is 1.70. The molecular weight excluding hydrogens is 416 g/mol. The van der Waals surface area contributed by atoms with Crippen molar-refractivity contribution in [1.29, 1.82) is 0 Å². The van der Waals surface area contributed by atoms with Gasteiger partial charge < -0.3 is 14.8 Å². The van der Waals surface area contributed by atoms with E-state index in [-0.39, 0.29) is 16.8 Å². The fraction of sp³-hybridized carbons (Fsp3) is 0.435. The Labute approximate surface area is 184 Å². The lowest BCUT2D eigenvalue weighted by molar-refractivity contribution is 0.0939. The molecule has 1 unspecified atom stereocenters. The molecule has 0 radical (unpaired) electrons. The van der Waals surface area contributed by atoms with Crippen LogP contribution in [-0.2, 0) is 10.0 Å². The van der Waals surface area contributed by atoms with E-state index in [1.165, 1.54) is 10.4 Å². The monoisotopic (exact) mass is 446 g/mol. The summed E-state index contributed by atoms with van der Waals surface area (Å²) < 4.78 is 38.5. The molecule has 0 spiro atoms. The number of hydrogen-bond donors (Lipinski definition) is 1. The number of aryl methyl sites for hydroxylation is 1. The molecule has 0 aromatic heterocycles. The van der Waals surface area contributed by atoms with Crippen LogP contribution in [0.15, 0.2) is 41.3 Å². The van der Waals surface area contributed by atoms with E-state index in [4.69, 9.17) is 9.47 Å². The summed E-state index contributed by atoms with van der Waals surface area (Å²) >= 11 is 0. The Morgan fingerprint density at radius 3 is 2.39 bits per heavy atom. The number of carbonyl (C=O) groups excluding carboxylic acids is 1. The van der Waals surface area contributed by atoms with Crippen LogP contribution in [0.25, 0.3) is 0 Å². The molecule has 1 aliphatic heterocycles. The molecule has 2 aromatic carbocycles. The molecule has 1 N–H and O–H groups in total. The van der Waals surface area contributed by atoms with Gasteiger partial charge in [0, 0.05) is 24.2 Å². The van der Waals surface area contributed by atoms with E-state index in [1.807, 2.05) is 13.0 Å². The van der Waals surface area contributed by atoms with Gasteiger partial charge in [0.15, 0.2) is 0 Å². The Bertz CT molecular complexity index is 1050. The summed E-state index contributed by atoms with van der Waals surface area (Å²) in [6.07, 6.45) is 2.76. The van der Waals surface area contributed by atoms with Gasteiger partial charge in [-0.05, 0) is 62.6 Å². The van der Waals surface area contributed by atoms with Gasteiger partial charge in [-0.1, -0.05) is 12.5 Å². The van der Waals surface area contributed by atoms with Crippen molar-refractivity contribution in [2.75, 3.05) is 27.3 Å². The van der Waals surface area contributed by atoms with Gasteiger partial charge in [-0.3, -0.25) is 4.79 Å². The lowest BCUT2D eigenvalue weighted by Gasteiger charge is -2.26. The first-order valence-corrected chi connectivity index (χ1v) is 11.9. The normalized spacial score (nSPS) is 15.9. The molecule has 2 aromatic rings. The Balaban J connectivity index is 1.85. The molecule has 0 aliphatic carbocycles. The van der Waals surface area contributed by atoms with E-state index >= 15 is 0 Å². The van der Waals surface area contributed by atoms with Crippen LogP contribution in [0, 0.1) is 6.92 Å². The number of rotatable bonds is 7. The quantitative estimate of drug-likeness (QED) is 0.701. The minimum atomic E-state index is -3.63. The molecule has 0 saturated carbocycles. The maximum atomic E-state index is 13.1. The van der Waals surface area contributed by atoms with Crippen molar-refractivity contribution in [2.24, 2.45) is 0 Å². The summed E-state index contributed by atoms with van der Waals surface area (Å²) in [4.78, 5) is 13.1. The number of carbonyl (C=O) groups is 1. The average molecular weight is 447 g/mol. The first-order chi connectivity index (χ1) is 14.8. The van der Waals surface area contributed by atoms with Crippen LogP contribution in [0.3, 0.4) is 0 Å². The molecule has 1 heterocycles. The minimum Gasteiger partial charge on any atom is -0.497 e. The number of benzene rings is 2. The predicted molar refractivity (Wildman–Crippen MR) is 119 cm³/mol. The van der Waals surface area contributed by atoms with E-state index in [2.05, 4.69) is 5.32 Å². The Kier molecular flexibility index (Phi) is 7.23. The highest BCUT2D eigenvalue weighted by atomic mass is 32.2. The van der Waals surface area contributed by atoms with E-state index in [9.17, 15) is 13.2 Å². The number of piperidine rings is 1. The molecule has 168 valence electrons. The van der Waals surface area contributed by atoms with Crippen LogP contribution in [0.1, 0.15) is 53.7 Å². The zero-order valence-electron chi connectivity index (χ0n) is 18.5. The SMILES string of the molecule is COc1ccc(OC)c(C(C)NC(=O)c2ccc(C)c(S(=O)(=O)N3CCCCC3)c2)c1. The highest BCUT2D eigenvalue weighted by Crippen LogP contribution is 2.30. The topological polar surface area (TPSA) is 84.9 Å². The minimum absolute atomic E-state index is 0.189. The lowest BCUT2D eigenvalue weighted by atomic mass is 10.1. The van der Waals surface area contributed by atoms with Crippen molar-refractivity contribution in [3.8, 4) is 11.5 Å². The van der Waals surface area contributed by atoms with Gasteiger partial charge in [0.1, 0.15) is 11.5 Å². The summed E-state index contributed by atoms with van der Waals surface area (Å²) in [5, 5.41) is 2.93. The molecular formula is C23H30N2O5S. The van der Waals surface area contributed by atoms with Crippen LogP contribution in [0.5, 0.6) is 11.5 Å². The maximum absolute atomic E-state index is 13.1. The van der Waals surface area contributed by atoms with Gasteiger partial charge in [-0.25, -0.2) is 8.42 Å². The van der Waals surface area contributed by atoms with Gasteiger partial charge in [0.2, 0.25) is 10.0 Å². The second-order valence-electron chi connectivity index (χ2n) is 7.75. The van der Waals surface area contributed by atoms with Crippen molar-refractivity contribution in [2.45, 2.75) is 44.0 Å².